The summed E-state index contributed by atoms with van der Waals surface area (Å²) in [5.74, 6) is 0.347. The van der Waals surface area contributed by atoms with Gasteiger partial charge in [-0.05, 0) is 32.9 Å². The Hall–Kier alpha value is -1.75. The third kappa shape index (κ3) is 7.63. The van der Waals surface area contributed by atoms with Crippen molar-refractivity contribution >= 4 is 11.7 Å². The van der Waals surface area contributed by atoms with Gasteiger partial charge in [-0.3, -0.25) is 4.79 Å². The number of carbonyl (C=O) groups is 1. The number of benzene rings is 1. The molecule has 0 radical (unpaired) electrons. The van der Waals surface area contributed by atoms with E-state index in [1.54, 1.807) is 24.3 Å². The van der Waals surface area contributed by atoms with Crippen molar-refractivity contribution in [3.8, 4) is 5.75 Å². The van der Waals surface area contributed by atoms with Crippen molar-refractivity contribution in [2.75, 3.05) is 25.6 Å². The average molecular weight is 281 g/mol. The molecule has 0 heterocycles. The molecule has 0 fully saturated rings. The molecule has 1 aromatic rings. The summed E-state index contributed by atoms with van der Waals surface area (Å²) < 4.78 is 15.9. The molecule has 0 amide bonds. The van der Waals surface area contributed by atoms with Crippen LogP contribution in [0.15, 0.2) is 24.3 Å². The number of nitrogen functional groups attached to an aromatic ring is 1. The van der Waals surface area contributed by atoms with E-state index in [4.69, 9.17) is 19.9 Å². The molecule has 0 aliphatic rings. The lowest BCUT2D eigenvalue weighted by molar-refractivity contribution is -0.147. The Balaban J connectivity index is 2.11. The third-order valence-electron chi connectivity index (χ3n) is 2.31. The summed E-state index contributed by atoms with van der Waals surface area (Å²) in [5, 5.41) is 0. The first-order valence-corrected chi connectivity index (χ1v) is 6.65. The van der Waals surface area contributed by atoms with Gasteiger partial charge in [-0.2, -0.15) is 0 Å². The van der Waals surface area contributed by atoms with Crippen LogP contribution in [0.5, 0.6) is 5.75 Å². The van der Waals surface area contributed by atoms with Crippen LogP contribution in [0.4, 0.5) is 5.69 Å². The SMILES string of the molecule is CC(C)(C)OCCOC(=O)CCOc1cccc(N)c1. The molecule has 20 heavy (non-hydrogen) atoms. The van der Waals surface area contributed by atoms with Crippen LogP contribution in [-0.2, 0) is 14.3 Å². The fraction of sp³-hybridized carbons (Fsp3) is 0.533. The first-order chi connectivity index (χ1) is 9.37. The van der Waals surface area contributed by atoms with Crippen LogP contribution >= 0.6 is 0 Å². The van der Waals surface area contributed by atoms with Crippen molar-refractivity contribution in [2.24, 2.45) is 0 Å². The minimum Gasteiger partial charge on any atom is -0.493 e. The van der Waals surface area contributed by atoms with Crippen LogP contribution in [0.25, 0.3) is 0 Å². The van der Waals surface area contributed by atoms with Crippen molar-refractivity contribution in [3.63, 3.8) is 0 Å². The maximum atomic E-state index is 11.4. The Morgan fingerprint density at radius 3 is 2.60 bits per heavy atom. The summed E-state index contributed by atoms with van der Waals surface area (Å²) in [6, 6.07) is 7.07. The fourth-order valence-corrected chi connectivity index (χ4v) is 1.43. The van der Waals surface area contributed by atoms with Gasteiger partial charge in [0.2, 0.25) is 0 Å². The molecule has 0 unspecified atom stereocenters. The summed E-state index contributed by atoms with van der Waals surface area (Å²) in [6.45, 7) is 6.78. The highest BCUT2D eigenvalue weighted by Crippen LogP contribution is 2.14. The quantitative estimate of drug-likeness (QED) is 0.472. The largest absolute Gasteiger partial charge is 0.493 e. The second kappa shape index (κ2) is 7.75. The highest BCUT2D eigenvalue weighted by atomic mass is 16.6. The highest BCUT2D eigenvalue weighted by Gasteiger charge is 2.10. The summed E-state index contributed by atoms with van der Waals surface area (Å²) in [7, 11) is 0. The molecule has 0 aromatic heterocycles. The second-order valence-corrected chi connectivity index (χ2v) is 5.35. The lowest BCUT2D eigenvalue weighted by atomic mass is 10.2. The Morgan fingerprint density at radius 1 is 1.20 bits per heavy atom. The zero-order valence-electron chi connectivity index (χ0n) is 12.3. The standard InChI is InChI=1S/C15H23NO4/c1-15(2,3)20-10-9-19-14(17)7-8-18-13-6-4-5-12(16)11-13/h4-6,11H,7-10,16H2,1-3H3. The van der Waals surface area contributed by atoms with E-state index in [2.05, 4.69) is 0 Å². The number of carbonyl (C=O) groups excluding carboxylic acids is 1. The van der Waals surface area contributed by atoms with Crippen molar-refractivity contribution in [2.45, 2.75) is 32.8 Å². The smallest absolute Gasteiger partial charge is 0.309 e. The summed E-state index contributed by atoms with van der Waals surface area (Å²) in [6.07, 6.45) is 0.199. The van der Waals surface area contributed by atoms with Gasteiger partial charge in [-0.15, -0.1) is 0 Å². The topological polar surface area (TPSA) is 70.8 Å². The number of rotatable bonds is 7. The lowest BCUT2D eigenvalue weighted by Gasteiger charge is -2.19. The molecule has 5 nitrogen and oxygen atoms in total. The molecule has 0 saturated carbocycles. The fourth-order valence-electron chi connectivity index (χ4n) is 1.43. The van der Waals surface area contributed by atoms with Crippen LogP contribution in [0.2, 0.25) is 0 Å². The third-order valence-corrected chi connectivity index (χ3v) is 2.31. The Morgan fingerprint density at radius 2 is 1.95 bits per heavy atom. The van der Waals surface area contributed by atoms with E-state index in [1.807, 2.05) is 20.8 Å². The molecule has 0 aliphatic heterocycles. The zero-order valence-corrected chi connectivity index (χ0v) is 12.3. The predicted molar refractivity (Wildman–Crippen MR) is 77.6 cm³/mol. The first-order valence-electron chi connectivity index (χ1n) is 6.65. The summed E-state index contributed by atoms with van der Waals surface area (Å²) in [5.41, 5.74) is 6.03. The van der Waals surface area contributed by atoms with Gasteiger partial charge in [-0.25, -0.2) is 0 Å². The molecule has 0 bridgehead atoms. The summed E-state index contributed by atoms with van der Waals surface area (Å²) in [4.78, 5) is 11.4. The molecule has 112 valence electrons. The predicted octanol–water partition coefficient (Wildman–Crippen LogP) is 2.40. The van der Waals surface area contributed by atoms with Gasteiger partial charge in [-0.1, -0.05) is 6.07 Å². The van der Waals surface area contributed by atoms with Gasteiger partial charge in [0.15, 0.2) is 0 Å². The monoisotopic (exact) mass is 281 g/mol. The molecular formula is C15H23NO4. The zero-order chi connectivity index (χ0) is 15.0. The van der Waals surface area contributed by atoms with E-state index in [1.165, 1.54) is 0 Å². The maximum absolute atomic E-state index is 11.4. The van der Waals surface area contributed by atoms with Crippen LogP contribution in [-0.4, -0.2) is 31.4 Å². The maximum Gasteiger partial charge on any atom is 0.309 e. The number of hydrogen-bond donors (Lipinski definition) is 1. The van der Waals surface area contributed by atoms with Crippen molar-refractivity contribution in [1.29, 1.82) is 0 Å². The molecule has 0 atom stereocenters. The van der Waals surface area contributed by atoms with Gasteiger partial charge < -0.3 is 19.9 Å². The van der Waals surface area contributed by atoms with Gasteiger partial charge in [0.1, 0.15) is 12.4 Å². The molecule has 0 spiro atoms. The first kappa shape index (κ1) is 16.3. The van der Waals surface area contributed by atoms with Crippen molar-refractivity contribution in [1.82, 2.24) is 0 Å². The Bertz CT molecular complexity index is 426. The lowest BCUT2D eigenvalue weighted by Crippen LogP contribution is -2.23. The number of hydrogen-bond acceptors (Lipinski definition) is 5. The minimum absolute atomic E-state index is 0.199. The number of anilines is 1. The number of esters is 1. The van der Waals surface area contributed by atoms with Gasteiger partial charge in [0.25, 0.3) is 0 Å². The molecule has 2 N–H and O–H groups in total. The van der Waals surface area contributed by atoms with E-state index in [-0.39, 0.29) is 31.2 Å². The Kier molecular flexibility index (Phi) is 6.31. The van der Waals surface area contributed by atoms with Crippen LogP contribution < -0.4 is 10.5 Å². The van der Waals surface area contributed by atoms with E-state index >= 15 is 0 Å². The summed E-state index contributed by atoms with van der Waals surface area (Å²) >= 11 is 0. The molecule has 0 saturated heterocycles. The van der Waals surface area contributed by atoms with Crippen molar-refractivity contribution in [3.05, 3.63) is 24.3 Å². The van der Waals surface area contributed by atoms with Crippen LogP contribution in [0.3, 0.4) is 0 Å². The molecule has 0 aliphatic carbocycles. The Labute approximate surface area is 120 Å². The van der Waals surface area contributed by atoms with Crippen molar-refractivity contribution < 1.29 is 19.0 Å². The van der Waals surface area contributed by atoms with E-state index in [9.17, 15) is 4.79 Å². The van der Waals surface area contributed by atoms with Gasteiger partial charge >= 0.3 is 5.97 Å². The number of ether oxygens (including phenoxy) is 3. The van der Waals surface area contributed by atoms with Crippen LogP contribution in [0.1, 0.15) is 27.2 Å². The van der Waals surface area contributed by atoms with Gasteiger partial charge in [0.05, 0.1) is 25.2 Å². The molecular weight excluding hydrogens is 258 g/mol. The molecule has 1 rings (SSSR count). The average Bonchev–Trinajstić information content (AvgIpc) is 2.34. The highest BCUT2D eigenvalue weighted by molar-refractivity contribution is 5.69. The van der Waals surface area contributed by atoms with Crippen LogP contribution in [0, 0.1) is 0 Å². The van der Waals surface area contributed by atoms with E-state index in [0.717, 1.165) is 0 Å². The van der Waals surface area contributed by atoms with E-state index < -0.39 is 0 Å². The molecule has 1 aromatic carbocycles. The normalized spacial score (nSPS) is 11.2. The van der Waals surface area contributed by atoms with Gasteiger partial charge in [0, 0.05) is 11.8 Å². The number of nitrogens with two attached hydrogens (primary N) is 1. The second-order valence-electron chi connectivity index (χ2n) is 5.35. The minimum atomic E-state index is -0.300. The van der Waals surface area contributed by atoms with E-state index in [0.29, 0.717) is 18.0 Å². The molecule has 5 heteroatoms.